The first kappa shape index (κ1) is 21.8. The highest BCUT2D eigenvalue weighted by Crippen LogP contribution is 2.26. The van der Waals surface area contributed by atoms with Gasteiger partial charge in [0.1, 0.15) is 5.82 Å². The topological polar surface area (TPSA) is 84.2 Å². The summed E-state index contributed by atoms with van der Waals surface area (Å²) in [4.78, 5) is 29.9. The first-order chi connectivity index (χ1) is 15.4. The van der Waals surface area contributed by atoms with Crippen molar-refractivity contribution < 1.29 is 14.7 Å². The molecule has 0 aliphatic rings. The van der Waals surface area contributed by atoms with Crippen molar-refractivity contribution in [2.45, 2.75) is 32.9 Å². The number of benzene rings is 2. The molecular formula is C25H25N3O3S. The predicted molar refractivity (Wildman–Crippen MR) is 126 cm³/mol. The Kier molecular flexibility index (Phi) is 6.37. The lowest BCUT2D eigenvalue weighted by Crippen LogP contribution is -2.32. The highest BCUT2D eigenvalue weighted by Gasteiger charge is 2.24. The second kappa shape index (κ2) is 9.36. The maximum atomic E-state index is 13.0. The number of amides is 1. The number of carbonyl (C=O) groups excluding carboxylic acids is 1. The molecule has 6 nitrogen and oxygen atoms in total. The molecule has 2 aromatic carbocycles. The second-order valence-electron chi connectivity index (χ2n) is 8.18. The van der Waals surface area contributed by atoms with Crippen molar-refractivity contribution in [3.63, 3.8) is 0 Å². The molecule has 1 amide bonds. The largest absolute Gasteiger partial charge is 0.478 e. The molecule has 7 heteroatoms. The molecule has 0 bridgehead atoms. The molecule has 0 radical (unpaired) electrons. The van der Waals surface area contributed by atoms with Crippen LogP contribution < -0.4 is 5.32 Å². The SMILES string of the molecule is CC(C)Cn1c(C(Cc2ccccc2)NC(=O)c2cccs2)nc2cc(C(=O)O)ccc21. The van der Waals surface area contributed by atoms with E-state index in [1.165, 1.54) is 11.3 Å². The zero-order chi connectivity index (χ0) is 22.7. The quantitative estimate of drug-likeness (QED) is 0.390. The summed E-state index contributed by atoms with van der Waals surface area (Å²) >= 11 is 1.40. The molecule has 0 spiro atoms. The van der Waals surface area contributed by atoms with Gasteiger partial charge >= 0.3 is 5.97 Å². The standard InChI is InChI=1S/C25H25N3O3S/c1-16(2)15-28-21-11-10-18(25(30)31)14-19(21)26-23(28)20(13-17-7-4-3-5-8-17)27-24(29)22-9-6-12-32-22/h3-12,14,16,20H,13,15H2,1-2H3,(H,27,29)(H,30,31). The monoisotopic (exact) mass is 447 g/mol. The maximum absolute atomic E-state index is 13.0. The van der Waals surface area contributed by atoms with Crippen LogP contribution in [0.2, 0.25) is 0 Å². The number of hydrogen-bond donors (Lipinski definition) is 2. The van der Waals surface area contributed by atoms with Crippen LogP contribution in [-0.4, -0.2) is 26.5 Å². The molecule has 0 aliphatic carbocycles. The van der Waals surface area contributed by atoms with Gasteiger partial charge in [-0.2, -0.15) is 0 Å². The smallest absolute Gasteiger partial charge is 0.335 e. The summed E-state index contributed by atoms with van der Waals surface area (Å²) in [5.74, 6) is -0.0605. The molecule has 164 valence electrons. The zero-order valence-corrected chi connectivity index (χ0v) is 18.8. The van der Waals surface area contributed by atoms with Crippen LogP contribution >= 0.6 is 11.3 Å². The molecule has 2 heterocycles. The molecule has 32 heavy (non-hydrogen) atoms. The Labute approximate surface area is 190 Å². The summed E-state index contributed by atoms with van der Waals surface area (Å²) in [5.41, 5.74) is 2.75. The molecule has 2 aromatic heterocycles. The van der Waals surface area contributed by atoms with E-state index in [4.69, 9.17) is 4.98 Å². The van der Waals surface area contributed by atoms with E-state index in [-0.39, 0.29) is 17.5 Å². The molecule has 0 aliphatic heterocycles. The number of fused-ring (bicyclic) bond motifs is 1. The number of carboxylic acids is 1. The van der Waals surface area contributed by atoms with Gasteiger partial charge < -0.3 is 15.0 Å². The summed E-state index contributed by atoms with van der Waals surface area (Å²) < 4.78 is 2.11. The number of aromatic nitrogens is 2. The Hall–Kier alpha value is -3.45. The minimum atomic E-state index is -0.987. The van der Waals surface area contributed by atoms with Crippen molar-refractivity contribution in [2.24, 2.45) is 5.92 Å². The van der Waals surface area contributed by atoms with Gasteiger partial charge in [-0.05, 0) is 47.5 Å². The van der Waals surface area contributed by atoms with Crippen molar-refractivity contribution in [2.75, 3.05) is 0 Å². The van der Waals surface area contributed by atoms with Gasteiger partial charge in [0.25, 0.3) is 5.91 Å². The first-order valence-corrected chi connectivity index (χ1v) is 11.4. The highest BCUT2D eigenvalue weighted by atomic mass is 32.1. The fourth-order valence-corrected chi connectivity index (χ4v) is 4.43. The van der Waals surface area contributed by atoms with Crippen LogP contribution in [0, 0.1) is 5.92 Å². The lowest BCUT2D eigenvalue weighted by atomic mass is 10.0. The Morgan fingerprint density at radius 2 is 1.88 bits per heavy atom. The summed E-state index contributed by atoms with van der Waals surface area (Å²) in [6.07, 6.45) is 0.575. The fourth-order valence-electron chi connectivity index (χ4n) is 3.80. The van der Waals surface area contributed by atoms with E-state index >= 15 is 0 Å². The summed E-state index contributed by atoms with van der Waals surface area (Å²) in [6, 6.07) is 18.3. The molecule has 2 N–H and O–H groups in total. The molecule has 0 fully saturated rings. The van der Waals surface area contributed by atoms with Crippen molar-refractivity contribution in [3.8, 4) is 0 Å². The average Bonchev–Trinajstić information content (AvgIpc) is 3.42. The van der Waals surface area contributed by atoms with Gasteiger partial charge in [-0.1, -0.05) is 50.2 Å². The molecule has 4 rings (SSSR count). The third-order valence-electron chi connectivity index (χ3n) is 5.22. The van der Waals surface area contributed by atoms with Gasteiger partial charge in [0.05, 0.1) is 27.5 Å². The van der Waals surface area contributed by atoms with Gasteiger partial charge in [0.15, 0.2) is 0 Å². The molecule has 4 aromatic rings. The van der Waals surface area contributed by atoms with E-state index in [0.717, 1.165) is 16.9 Å². The number of aromatic carboxylic acids is 1. The number of imidazole rings is 1. The van der Waals surface area contributed by atoms with Crippen molar-refractivity contribution in [1.82, 2.24) is 14.9 Å². The average molecular weight is 448 g/mol. The van der Waals surface area contributed by atoms with Gasteiger partial charge in [-0.3, -0.25) is 4.79 Å². The number of nitrogens with zero attached hydrogens (tertiary/aromatic N) is 2. The normalized spacial score (nSPS) is 12.2. The summed E-state index contributed by atoms with van der Waals surface area (Å²) in [5, 5.41) is 14.4. The van der Waals surface area contributed by atoms with Gasteiger partial charge in [0.2, 0.25) is 0 Å². The number of carboxylic acid groups (broad SMARTS) is 1. The fraction of sp³-hybridized carbons (Fsp3) is 0.240. The van der Waals surface area contributed by atoms with E-state index < -0.39 is 5.97 Å². The van der Waals surface area contributed by atoms with Crippen LogP contribution in [0.3, 0.4) is 0 Å². The number of thiophene rings is 1. The molecular weight excluding hydrogens is 422 g/mol. The van der Waals surface area contributed by atoms with Gasteiger partial charge in [-0.15, -0.1) is 11.3 Å². The Bertz CT molecular complexity index is 1230. The highest BCUT2D eigenvalue weighted by molar-refractivity contribution is 7.12. The number of rotatable bonds is 8. The molecule has 1 atom stereocenters. The predicted octanol–water partition coefficient (Wildman–Crippen LogP) is 5.17. The van der Waals surface area contributed by atoms with E-state index in [0.29, 0.717) is 29.3 Å². The van der Waals surface area contributed by atoms with Crippen molar-refractivity contribution in [1.29, 1.82) is 0 Å². The van der Waals surface area contributed by atoms with E-state index in [1.807, 2.05) is 41.8 Å². The van der Waals surface area contributed by atoms with Crippen LogP contribution in [-0.2, 0) is 13.0 Å². The molecule has 0 saturated heterocycles. The number of hydrogen-bond acceptors (Lipinski definition) is 4. The number of nitrogens with one attached hydrogen (secondary N) is 1. The van der Waals surface area contributed by atoms with E-state index in [2.05, 4.69) is 23.7 Å². The summed E-state index contributed by atoms with van der Waals surface area (Å²) in [7, 11) is 0. The third-order valence-corrected chi connectivity index (χ3v) is 6.09. The first-order valence-electron chi connectivity index (χ1n) is 10.5. The zero-order valence-electron chi connectivity index (χ0n) is 18.0. The lowest BCUT2D eigenvalue weighted by molar-refractivity contribution is 0.0696. The van der Waals surface area contributed by atoms with Crippen LogP contribution in [0.5, 0.6) is 0 Å². The van der Waals surface area contributed by atoms with Crippen molar-refractivity contribution in [3.05, 3.63) is 87.9 Å². The maximum Gasteiger partial charge on any atom is 0.335 e. The van der Waals surface area contributed by atoms with Crippen molar-refractivity contribution >= 4 is 34.2 Å². The van der Waals surface area contributed by atoms with Crippen LogP contribution in [0.1, 0.15) is 51.3 Å². The molecule has 1 unspecified atom stereocenters. The third kappa shape index (κ3) is 4.73. The van der Waals surface area contributed by atoms with E-state index in [9.17, 15) is 14.7 Å². The van der Waals surface area contributed by atoms with E-state index in [1.54, 1.807) is 24.3 Å². The van der Waals surface area contributed by atoms with Gasteiger partial charge in [-0.25, -0.2) is 9.78 Å². The lowest BCUT2D eigenvalue weighted by Gasteiger charge is -2.21. The Morgan fingerprint density at radius 1 is 1.09 bits per heavy atom. The minimum Gasteiger partial charge on any atom is -0.478 e. The Morgan fingerprint density at radius 3 is 2.53 bits per heavy atom. The molecule has 0 saturated carbocycles. The van der Waals surface area contributed by atoms with Crippen LogP contribution in [0.15, 0.2) is 66.0 Å². The Balaban J connectivity index is 1.81. The van der Waals surface area contributed by atoms with Gasteiger partial charge in [0, 0.05) is 6.54 Å². The van der Waals surface area contributed by atoms with Crippen LogP contribution in [0.4, 0.5) is 0 Å². The number of carbonyl (C=O) groups is 2. The summed E-state index contributed by atoms with van der Waals surface area (Å²) in [6.45, 7) is 4.95. The second-order valence-corrected chi connectivity index (χ2v) is 9.12. The minimum absolute atomic E-state index is 0.143. The van der Waals surface area contributed by atoms with Crippen LogP contribution in [0.25, 0.3) is 11.0 Å².